The summed E-state index contributed by atoms with van der Waals surface area (Å²) in [7, 11) is 1.98. The van der Waals surface area contributed by atoms with E-state index in [1.54, 1.807) is 0 Å². The third-order valence-corrected chi connectivity index (χ3v) is 4.03. The summed E-state index contributed by atoms with van der Waals surface area (Å²) in [6, 6.07) is 0. The maximum Gasteiger partial charge on any atom is 0.226 e. The highest BCUT2D eigenvalue weighted by Crippen LogP contribution is 2.25. The predicted molar refractivity (Wildman–Crippen MR) is 72.4 cm³/mol. The quantitative estimate of drug-likeness (QED) is 0.843. The van der Waals surface area contributed by atoms with Gasteiger partial charge in [-0.05, 0) is 38.1 Å². The molecule has 17 heavy (non-hydrogen) atoms. The van der Waals surface area contributed by atoms with E-state index in [0.29, 0.717) is 5.91 Å². The van der Waals surface area contributed by atoms with Crippen LogP contribution in [0.1, 0.15) is 38.5 Å². The first-order valence-electron chi connectivity index (χ1n) is 6.73. The first-order valence-corrected chi connectivity index (χ1v) is 6.73. The van der Waals surface area contributed by atoms with Crippen LogP contribution in [-0.4, -0.2) is 37.5 Å². The monoisotopic (exact) mass is 260 g/mol. The molecule has 0 unspecified atom stereocenters. The number of hydrogen-bond donors (Lipinski definition) is 1. The molecule has 0 aromatic heterocycles. The minimum absolute atomic E-state index is 0. The second-order valence-corrected chi connectivity index (χ2v) is 5.41. The van der Waals surface area contributed by atoms with Gasteiger partial charge in [0.1, 0.15) is 0 Å². The van der Waals surface area contributed by atoms with Crippen LogP contribution in [0.2, 0.25) is 0 Å². The lowest BCUT2D eigenvalue weighted by molar-refractivity contribution is -0.135. The molecule has 1 saturated carbocycles. The molecule has 2 aliphatic rings. The molecule has 3 nitrogen and oxygen atoms in total. The largest absolute Gasteiger partial charge is 0.345 e. The first-order chi connectivity index (χ1) is 7.77. The van der Waals surface area contributed by atoms with Gasteiger partial charge in [-0.25, -0.2) is 0 Å². The molecule has 1 aliphatic carbocycles. The Bertz CT molecular complexity index is 236. The minimum atomic E-state index is 0. The fourth-order valence-electron chi connectivity index (χ4n) is 3.04. The topological polar surface area (TPSA) is 32.3 Å². The molecule has 1 saturated heterocycles. The third-order valence-electron chi connectivity index (χ3n) is 4.03. The van der Waals surface area contributed by atoms with Crippen LogP contribution in [0.25, 0.3) is 0 Å². The average Bonchev–Trinajstić information content (AvgIpc) is 2.82. The fourth-order valence-corrected chi connectivity index (χ4v) is 3.04. The van der Waals surface area contributed by atoms with Gasteiger partial charge in [-0.15, -0.1) is 12.4 Å². The summed E-state index contributed by atoms with van der Waals surface area (Å²) in [6.07, 6.45) is 7.57. The summed E-state index contributed by atoms with van der Waals surface area (Å²) < 4.78 is 0. The van der Waals surface area contributed by atoms with Crippen molar-refractivity contribution in [3.63, 3.8) is 0 Å². The van der Waals surface area contributed by atoms with Crippen LogP contribution in [-0.2, 0) is 4.79 Å². The molecule has 0 spiro atoms. The molecule has 2 rings (SSSR count). The Hall–Kier alpha value is -0.280. The number of piperidine rings is 1. The van der Waals surface area contributed by atoms with Crippen molar-refractivity contribution in [2.75, 3.05) is 26.7 Å². The second-order valence-electron chi connectivity index (χ2n) is 5.41. The first kappa shape index (κ1) is 14.8. The summed E-state index contributed by atoms with van der Waals surface area (Å²) in [5, 5.41) is 3.32. The van der Waals surface area contributed by atoms with Crippen LogP contribution < -0.4 is 5.32 Å². The highest BCUT2D eigenvalue weighted by Gasteiger charge is 2.26. The second kappa shape index (κ2) is 7.22. The van der Waals surface area contributed by atoms with Gasteiger partial charge in [-0.1, -0.05) is 12.8 Å². The predicted octanol–water partition coefficient (Wildman–Crippen LogP) is 2.06. The zero-order valence-electron chi connectivity index (χ0n) is 10.8. The van der Waals surface area contributed by atoms with Gasteiger partial charge in [0.05, 0.1) is 5.92 Å². The Morgan fingerprint density at radius 3 is 2.53 bits per heavy atom. The van der Waals surface area contributed by atoms with Crippen molar-refractivity contribution in [3.8, 4) is 0 Å². The van der Waals surface area contributed by atoms with E-state index >= 15 is 0 Å². The van der Waals surface area contributed by atoms with E-state index in [0.717, 1.165) is 38.4 Å². The summed E-state index contributed by atoms with van der Waals surface area (Å²) in [4.78, 5) is 14.2. The van der Waals surface area contributed by atoms with E-state index in [9.17, 15) is 4.79 Å². The van der Waals surface area contributed by atoms with Crippen LogP contribution in [0.4, 0.5) is 0 Å². The number of carbonyl (C=O) groups is 1. The van der Waals surface area contributed by atoms with E-state index in [2.05, 4.69) is 5.32 Å². The molecule has 0 radical (unpaired) electrons. The van der Waals surface area contributed by atoms with Gasteiger partial charge in [-0.2, -0.15) is 0 Å². The zero-order valence-corrected chi connectivity index (χ0v) is 11.6. The van der Waals surface area contributed by atoms with Gasteiger partial charge in [0.15, 0.2) is 0 Å². The van der Waals surface area contributed by atoms with Crippen molar-refractivity contribution in [1.82, 2.24) is 10.2 Å². The van der Waals surface area contributed by atoms with Gasteiger partial charge >= 0.3 is 0 Å². The summed E-state index contributed by atoms with van der Waals surface area (Å²) >= 11 is 0. The standard InChI is InChI=1S/C13H24N2O.ClH/c1-15(10-11-5-2-3-6-11)13(16)12-7-4-8-14-9-12;/h11-12,14H,2-10H2,1H3;1H/t12-;/m1./s1. The average molecular weight is 261 g/mol. The highest BCUT2D eigenvalue weighted by atomic mass is 35.5. The van der Waals surface area contributed by atoms with Crippen molar-refractivity contribution >= 4 is 18.3 Å². The maximum atomic E-state index is 12.2. The van der Waals surface area contributed by atoms with Crippen molar-refractivity contribution < 1.29 is 4.79 Å². The Morgan fingerprint density at radius 1 is 1.24 bits per heavy atom. The summed E-state index contributed by atoms with van der Waals surface area (Å²) in [5.41, 5.74) is 0. The Labute approximate surface area is 111 Å². The lowest BCUT2D eigenvalue weighted by atomic mass is 9.97. The number of amides is 1. The molecule has 1 heterocycles. The Morgan fingerprint density at radius 2 is 1.94 bits per heavy atom. The lowest BCUT2D eigenvalue weighted by Crippen LogP contribution is -2.42. The molecule has 1 aliphatic heterocycles. The number of hydrogen-bond acceptors (Lipinski definition) is 2. The van der Waals surface area contributed by atoms with Crippen LogP contribution in [0, 0.1) is 11.8 Å². The number of halogens is 1. The molecule has 1 N–H and O–H groups in total. The normalized spacial score (nSPS) is 25.4. The zero-order chi connectivity index (χ0) is 11.4. The fraction of sp³-hybridized carbons (Fsp3) is 0.923. The minimum Gasteiger partial charge on any atom is -0.345 e. The van der Waals surface area contributed by atoms with E-state index in [1.165, 1.54) is 25.7 Å². The molecular weight excluding hydrogens is 236 g/mol. The molecule has 4 heteroatoms. The molecule has 0 bridgehead atoms. The van der Waals surface area contributed by atoms with Crippen molar-refractivity contribution in [1.29, 1.82) is 0 Å². The molecular formula is C13H25ClN2O. The van der Waals surface area contributed by atoms with Crippen LogP contribution in [0.15, 0.2) is 0 Å². The highest BCUT2D eigenvalue weighted by molar-refractivity contribution is 5.85. The van der Waals surface area contributed by atoms with E-state index in [4.69, 9.17) is 0 Å². The molecule has 2 fully saturated rings. The number of nitrogens with zero attached hydrogens (tertiary/aromatic N) is 1. The van der Waals surface area contributed by atoms with Gasteiger partial charge in [0.2, 0.25) is 5.91 Å². The van der Waals surface area contributed by atoms with Crippen molar-refractivity contribution in [2.24, 2.45) is 11.8 Å². The van der Waals surface area contributed by atoms with Gasteiger partial charge in [0, 0.05) is 20.1 Å². The number of carbonyl (C=O) groups excluding carboxylic acids is 1. The lowest BCUT2D eigenvalue weighted by Gasteiger charge is -2.28. The van der Waals surface area contributed by atoms with Gasteiger partial charge in [-0.3, -0.25) is 4.79 Å². The Balaban J connectivity index is 0.00000144. The SMILES string of the molecule is CN(CC1CCCC1)C(=O)[C@@H]1CCCNC1.Cl. The third kappa shape index (κ3) is 4.14. The van der Waals surface area contributed by atoms with Gasteiger partial charge < -0.3 is 10.2 Å². The van der Waals surface area contributed by atoms with Crippen LogP contribution in [0.5, 0.6) is 0 Å². The Kier molecular flexibility index (Phi) is 6.28. The van der Waals surface area contributed by atoms with Crippen molar-refractivity contribution in [3.05, 3.63) is 0 Å². The van der Waals surface area contributed by atoms with Crippen molar-refractivity contribution in [2.45, 2.75) is 38.5 Å². The summed E-state index contributed by atoms with van der Waals surface area (Å²) in [5.74, 6) is 1.37. The van der Waals surface area contributed by atoms with Gasteiger partial charge in [0.25, 0.3) is 0 Å². The number of rotatable bonds is 3. The smallest absolute Gasteiger partial charge is 0.226 e. The molecule has 0 aromatic rings. The molecule has 1 amide bonds. The van der Waals surface area contributed by atoms with Crippen LogP contribution >= 0.6 is 12.4 Å². The maximum absolute atomic E-state index is 12.2. The van der Waals surface area contributed by atoms with E-state index in [-0.39, 0.29) is 18.3 Å². The summed E-state index contributed by atoms with van der Waals surface area (Å²) in [6.45, 7) is 2.94. The number of nitrogens with one attached hydrogen (secondary N) is 1. The molecule has 100 valence electrons. The molecule has 1 atom stereocenters. The van der Waals surface area contributed by atoms with Crippen LogP contribution in [0.3, 0.4) is 0 Å². The van der Waals surface area contributed by atoms with E-state index in [1.807, 2.05) is 11.9 Å². The van der Waals surface area contributed by atoms with E-state index < -0.39 is 0 Å². The molecule has 0 aromatic carbocycles.